The lowest BCUT2D eigenvalue weighted by molar-refractivity contribution is 0.207. The number of hydrogen-bond donors (Lipinski definition) is 2. The summed E-state index contributed by atoms with van der Waals surface area (Å²) in [4.78, 5) is 8.30. The number of benzene rings is 2. The van der Waals surface area contributed by atoms with Gasteiger partial charge in [-0.2, -0.15) is 0 Å². The van der Waals surface area contributed by atoms with Gasteiger partial charge in [0.2, 0.25) is 0 Å². The minimum Gasteiger partial charge on any atom is -0.398 e. The van der Waals surface area contributed by atoms with Gasteiger partial charge in [0.25, 0.3) is 0 Å². The highest BCUT2D eigenvalue weighted by Gasteiger charge is 2.20. The van der Waals surface area contributed by atoms with Crippen molar-refractivity contribution in [1.29, 1.82) is 0 Å². The monoisotopic (exact) mass is 426 g/mol. The number of nitrogens with two attached hydrogens (primary N) is 1. The molecule has 4 nitrogen and oxygen atoms in total. The molecule has 0 unspecified atom stereocenters. The maximum Gasteiger partial charge on any atom is 0.0422 e. The van der Waals surface area contributed by atoms with E-state index < -0.39 is 0 Å². The van der Waals surface area contributed by atoms with Gasteiger partial charge in [-0.25, -0.2) is 0 Å². The Bertz CT molecular complexity index is 1120. The Hall–Kier alpha value is -3.24. The third kappa shape index (κ3) is 4.37. The standard InChI is InChI=1S/C28H34N4/c1-5-23-25(21(3)32-16-14-31(4)15-17-32)19-30-27(23)18-20(2)28-24(12-9-13-26(28)29)22-10-7-6-8-11-22/h6-13,18-19,30H,3,5,14-17,29H2,1-2,4H3/b20-18+. The Labute approximate surface area is 192 Å². The van der Waals surface area contributed by atoms with Gasteiger partial charge in [0.05, 0.1) is 0 Å². The van der Waals surface area contributed by atoms with Gasteiger partial charge >= 0.3 is 0 Å². The molecule has 2 heterocycles. The average Bonchev–Trinajstić information content (AvgIpc) is 3.21. The van der Waals surface area contributed by atoms with Crippen molar-refractivity contribution in [3.05, 3.63) is 83.7 Å². The third-order valence-corrected chi connectivity index (χ3v) is 6.51. The fraction of sp³-hybridized carbons (Fsp3) is 0.286. The molecule has 1 aliphatic rings. The lowest BCUT2D eigenvalue weighted by atomic mass is 9.92. The van der Waals surface area contributed by atoms with Crippen molar-refractivity contribution in [3.8, 4) is 11.1 Å². The van der Waals surface area contributed by atoms with Gasteiger partial charge in [0.15, 0.2) is 0 Å². The normalized spacial score (nSPS) is 15.2. The van der Waals surface area contributed by atoms with Crippen LogP contribution in [0.25, 0.3) is 28.5 Å². The van der Waals surface area contributed by atoms with Gasteiger partial charge < -0.3 is 20.5 Å². The van der Waals surface area contributed by atoms with E-state index in [-0.39, 0.29) is 0 Å². The number of aromatic nitrogens is 1. The smallest absolute Gasteiger partial charge is 0.0422 e. The molecule has 3 aromatic rings. The highest BCUT2D eigenvalue weighted by molar-refractivity contribution is 5.93. The second kappa shape index (κ2) is 9.49. The lowest BCUT2D eigenvalue weighted by Crippen LogP contribution is -2.43. The van der Waals surface area contributed by atoms with E-state index in [4.69, 9.17) is 5.73 Å². The van der Waals surface area contributed by atoms with Gasteiger partial charge in [-0.15, -0.1) is 0 Å². The number of nitrogens with zero attached hydrogens (tertiary/aromatic N) is 2. The number of H-pyrrole nitrogens is 1. The zero-order valence-corrected chi connectivity index (χ0v) is 19.5. The highest BCUT2D eigenvalue weighted by atomic mass is 15.2. The van der Waals surface area contributed by atoms with E-state index >= 15 is 0 Å². The number of rotatable bonds is 6. The van der Waals surface area contributed by atoms with Gasteiger partial charge in [-0.1, -0.05) is 56.0 Å². The maximum absolute atomic E-state index is 6.47. The minimum absolute atomic E-state index is 0.798. The molecular weight excluding hydrogens is 392 g/mol. The predicted octanol–water partition coefficient (Wildman–Crippen LogP) is 5.60. The van der Waals surface area contributed by atoms with E-state index in [2.05, 4.69) is 84.9 Å². The fourth-order valence-electron chi connectivity index (χ4n) is 4.64. The number of piperazine rings is 1. The zero-order chi connectivity index (χ0) is 22.7. The van der Waals surface area contributed by atoms with E-state index in [9.17, 15) is 0 Å². The van der Waals surface area contributed by atoms with Crippen LogP contribution in [0.1, 0.15) is 36.2 Å². The van der Waals surface area contributed by atoms with Crippen molar-refractivity contribution in [1.82, 2.24) is 14.8 Å². The zero-order valence-electron chi connectivity index (χ0n) is 19.5. The van der Waals surface area contributed by atoms with Crippen LogP contribution in [-0.4, -0.2) is 48.0 Å². The van der Waals surface area contributed by atoms with Crippen molar-refractivity contribution in [3.63, 3.8) is 0 Å². The summed E-state index contributed by atoms with van der Waals surface area (Å²) in [5.74, 6) is 0. The Morgan fingerprint density at radius 1 is 1.06 bits per heavy atom. The average molecular weight is 427 g/mol. The topological polar surface area (TPSA) is 48.3 Å². The van der Waals surface area contributed by atoms with Gasteiger partial charge in [-0.05, 0) is 54.8 Å². The summed E-state index contributed by atoms with van der Waals surface area (Å²) in [6.07, 6.45) is 5.29. The maximum atomic E-state index is 6.47. The van der Waals surface area contributed by atoms with Crippen molar-refractivity contribution in [2.45, 2.75) is 20.3 Å². The minimum atomic E-state index is 0.798. The molecule has 0 atom stereocenters. The second-order valence-electron chi connectivity index (χ2n) is 8.65. The summed E-state index contributed by atoms with van der Waals surface area (Å²) in [5.41, 5.74) is 16.6. The van der Waals surface area contributed by atoms with E-state index in [1.54, 1.807) is 0 Å². The molecule has 3 N–H and O–H groups in total. The van der Waals surface area contributed by atoms with E-state index in [0.717, 1.165) is 66.4 Å². The first-order valence-electron chi connectivity index (χ1n) is 11.4. The molecule has 0 radical (unpaired) electrons. The van der Waals surface area contributed by atoms with Crippen LogP contribution in [0.4, 0.5) is 5.69 Å². The van der Waals surface area contributed by atoms with E-state index in [1.165, 1.54) is 16.7 Å². The van der Waals surface area contributed by atoms with Gasteiger partial charge in [0.1, 0.15) is 0 Å². The fourth-order valence-corrected chi connectivity index (χ4v) is 4.64. The van der Waals surface area contributed by atoms with E-state index in [0.29, 0.717) is 0 Å². The third-order valence-electron chi connectivity index (χ3n) is 6.51. The molecule has 4 heteroatoms. The van der Waals surface area contributed by atoms with Gasteiger partial charge in [0, 0.05) is 60.6 Å². The van der Waals surface area contributed by atoms with Crippen LogP contribution in [0.3, 0.4) is 0 Å². The molecule has 1 aliphatic heterocycles. The van der Waals surface area contributed by atoms with Crippen LogP contribution >= 0.6 is 0 Å². The number of aromatic amines is 1. The summed E-state index contributed by atoms with van der Waals surface area (Å²) in [5, 5.41) is 0. The Kier molecular flexibility index (Phi) is 6.52. The lowest BCUT2D eigenvalue weighted by Gasteiger charge is -2.35. The molecule has 1 fully saturated rings. The van der Waals surface area contributed by atoms with E-state index in [1.807, 2.05) is 18.2 Å². The molecule has 32 heavy (non-hydrogen) atoms. The molecule has 4 rings (SSSR count). The van der Waals surface area contributed by atoms with Gasteiger partial charge in [-0.3, -0.25) is 0 Å². The Morgan fingerprint density at radius 2 is 1.78 bits per heavy atom. The summed E-state index contributed by atoms with van der Waals surface area (Å²) in [6, 6.07) is 16.6. The molecule has 2 aromatic carbocycles. The largest absolute Gasteiger partial charge is 0.398 e. The number of likely N-dealkylation sites (N-methyl/N-ethyl adjacent to an activating group) is 1. The first kappa shape index (κ1) is 22.0. The first-order valence-corrected chi connectivity index (χ1v) is 11.4. The van der Waals surface area contributed by atoms with Crippen molar-refractivity contribution in [2.24, 2.45) is 0 Å². The van der Waals surface area contributed by atoms with Crippen LogP contribution < -0.4 is 5.73 Å². The highest BCUT2D eigenvalue weighted by Crippen LogP contribution is 2.35. The van der Waals surface area contributed by atoms with Crippen LogP contribution in [0.2, 0.25) is 0 Å². The van der Waals surface area contributed by atoms with Crippen molar-refractivity contribution >= 4 is 23.0 Å². The molecule has 1 aromatic heterocycles. The summed E-state index contributed by atoms with van der Waals surface area (Å²) in [6.45, 7) is 13.0. The summed E-state index contributed by atoms with van der Waals surface area (Å²) < 4.78 is 0. The molecule has 0 aliphatic carbocycles. The predicted molar refractivity (Wildman–Crippen MR) is 138 cm³/mol. The molecule has 1 saturated heterocycles. The Balaban J connectivity index is 1.69. The Morgan fingerprint density at radius 3 is 2.47 bits per heavy atom. The van der Waals surface area contributed by atoms with Crippen molar-refractivity contribution < 1.29 is 0 Å². The summed E-state index contributed by atoms with van der Waals surface area (Å²) in [7, 11) is 2.18. The SMILES string of the molecule is C=C(c1c[nH]c(/C=C(\C)c2c(N)cccc2-c2ccccc2)c1CC)N1CCN(C)CC1. The van der Waals surface area contributed by atoms with Crippen LogP contribution in [-0.2, 0) is 6.42 Å². The first-order chi connectivity index (χ1) is 15.5. The molecule has 166 valence electrons. The molecular formula is C28H34N4. The van der Waals surface area contributed by atoms with Crippen LogP contribution in [0.5, 0.6) is 0 Å². The number of nitrogen functional groups attached to an aromatic ring is 1. The second-order valence-corrected chi connectivity index (χ2v) is 8.65. The molecule has 0 spiro atoms. The number of allylic oxidation sites excluding steroid dienone is 1. The van der Waals surface area contributed by atoms with Crippen LogP contribution in [0.15, 0.2) is 61.3 Å². The van der Waals surface area contributed by atoms with Crippen LogP contribution in [0, 0.1) is 0 Å². The summed E-state index contributed by atoms with van der Waals surface area (Å²) >= 11 is 0. The number of anilines is 1. The molecule has 0 bridgehead atoms. The quantitative estimate of drug-likeness (QED) is 0.504. The number of nitrogens with one attached hydrogen (secondary N) is 1. The number of hydrogen-bond acceptors (Lipinski definition) is 3. The molecule has 0 amide bonds. The molecule has 0 saturated carbocycles. The van der Waals surface area contributed by atoms with Crippen molar-refractivity contribution in [2.75, 3.05) is 39.0 Å².